The molecule has 0 unspecified atom stereocenters. The summed E-state index contributed by atoms with van der Waals surface area (Å²) in [4.78, 5) is 31.4. The number of carbonyl (C=O) groups excluding carboxylic acids is 2. The Morgan fingerprint density at radius 2 is 1.70 bits per heavy atom. The first-order chi connectivity index (χ1) is 14.5. The average Bonchev–Trinajstić information content (AvgIpc) is 2.77. The topological polar surface area (TPSA) is 53.1 Å². The standard InChI is InChI=1S/C23H26ClN3O3/c1-25-20(28)16-30-22(21(25)18-7-9-19(24)10-8-18)23(29)27-13-11-26(12-14-27)15-17-5-3-2-4-6-17/h2-10,21-22H,11-16H2,1H3/t21-,22+/m0/s1. The zero-order valence-electron chi connectivity index (χ0n) is 17.0. The third-order valence-electron chi connectivity index (χ3n) is 5.87. The van der Waals surface area contributed by atoms with Gasteiger partial charge < -0.3 is 14.5 Å². The molecule has 2 amide bonds. The Bertz CT molecular complexity index is 882. The molecular formula is C23H26ClN3O3. The minimum atomic E-state index is -0.713. The van der Waals surface area contributed by atoms with E-state index in [1.54, 1.807) is 24.1 Å². The summed E-state index contributed by atoms with van der Waals surface area (Å²) in [6, 6.07) is 17.1. The summed E-state index contributed by atoms with van der Waals surface area (Å²) in [5.41, 5.74) is 2.12. The van der Waals surface area contributed by atoms with Crippen molar-refractivity contribution in [1.29, 1.82) is 0 Å². The number of ether oxygens (including phenoxy) is 1. The highest BCUT2D eigenvalue weighted by Crippen LogP contribution is 2.31. The molecule has 0 saturated carbocycles. The molecule has 2 fully saturated rings. The van der Waals surface area contributed by atoms with Crippen LogP contribution in [0, 0.1) is 0 Å². The smallest absolute Gasteiger partial charge is 0.254 e. The van der Waals surface area contributed by atoms with Gasteiger partial charge in [-0.25, -0.2) is 0 Å². The number of hydrogen-bond acceptors (Lipinski definition) is 4. The van der Waals surface area contributed by atoms with Crippen LogP contribution in [-0.2, 0) is 20.9 Å². The summed E-state index contributed by atoms with van der Waals surface area (Å²) in [5.74, 6) is -0.194. The molecule has 0 radical (unpaired) electrons. The molecule has 6 nitrogen and oxygen atoms in total. The first-order valence-corrected chi connectivity index (χ1v) is 10.6. The van der Waals surface area contributed by atoms with Gasteiger partial charge in [0.25, 0.3) is 5.91 Å². The first-order valence-electron chi connectivity index (χ1n) is 10.2. The van der Waals surface area contributed by atoms with E-state index in [9.17, 15) is 9.59 Å². The first kappa shape index (κ1) is 20.8. The number of amides is 2. The van der Waals surface area contributed by atoms with Crippen molar-refractivity contribution in [2.45, 2.75) is 18.7 Å². The molecule has 0 aliphatic carbocycles. The predicted octanol–water partition coefficient (Wildman–Crippen LogP) is 2.58. The number of carbonyl (C=O) groups is 2. The molecule has 2 aromatic rings. The highest BCUT2D eigenvalue weighted by molar-refractivity contribution is 6.30. The van der Waals surface area contributed by atoms with Crippen LogP contribution >= 0.6 is 11.6 Å². The van der Waals surface area contributed by atoms with Crippen LogP contribution in [0.3, 0.4) is 0 Å². The molecular weight excluding hydrogens is 402 g/mol. The predicted molar refractivity (Wildman–Crippen MR) is 115 cm³/mol. The van der Waals surface area contributed by atoms with Gasteiger partial charge >= 0.3 is 0 Å². The highest BCUT2D eigenvalue weighted by atomic mass is 35.5. The summed E-state index contributed by atoms with van der Waals surface area (Å²) in [6.07, 6.45) is -0.713. The Morgan fingerprint density at radius 1 is 1.03 bits per heavy atom. The maximum absolute atomic E-state index is 13.3. The van der Waals surface area contributed by atoms with Crippen LogP contribution in [-0.4, -0.2) is 72.5 Å². The lowest BCUT2D eigenvalue weighted by atomic mass is 9.97. The maximum atomic E-state index is 13.3. The lowest BCUT2D eigenvalue weighted by Crippen LogP contribution is -2.57. The van der Waals surface area contributed by atoms with E-state index < -0.39 is 12.1 Å². The van der Waals surface area contributed by atoms with Crippen LogP contribution in [0.1, 0.15) is 17.2 Å². The van der Waals surface area contributed by atoms with Gasteiger partial charge in [-0.05, 0) is 23.3 Å². The van der Waals surface area contributed by atoms with Crippen LogP contribution < -0.4 is 0 Å². The average molecular weight is 428 g/mol. The number of morpholine rings is 1. The van der Waals surface area contributed by atoms with E-state index in [1.165, 1.54) is 5.56 Å². The van der Waals surface area contributed by atoms with Crippen molar-refractivity contribution in [3.8, 4) is 0 Å². The fourth-order valence-electron chi connectivity index (χ4n) is 4.12. The highest BCUT2D eigenvalue weighted by Gasteiger charge is 2.42. The Labute approximate surface area is 182 Å². The number of likely N-dealkylation sites (N-methyl/N-ethyl adjacent to an activating group) is 1. The number of nitrogens with zero attached hydrogens (tertiary/aromatic N) is 3. The minimum Gasteiger partial charge on any atom is -0.356 e. The number of benzene rings is 2. The van der Waals surface area contributed by atoms with Gasteiger partial charge in [-0.15, -0.1) is 0 Å². The minimum absolute atomic E-state index is 0.0614. The monoisotopic (exact) mass is 427 g/mol. The summed E-state index contributed by atoms with van der Waals surface area (Å²) >= 11 is 6.02. The number of piperazine rings is 1. The van der Waals surface area contributed by atoms with Crippen LogP contribution in [0.2, 0.25) is 5.02 Å². The Kier molecular flexibility index (Phi) is 6.37. The number of halogens is 1. The zero-order valence-corrected chi connectivity index (χ0v) is 17.8. The van der Waals surface area contributed by atoms with Crippen molar-refractivity contribution in [3.05, 3.63) is 70.7 Å². The summed E-state index contributed by atoms with van der Waals surface area (Å²) in [6.45, 7) is 3.73. The molecule has 2 aromatic carbocycles. The number of rotatable bonds is 4. The lowest BCUT2D eigenvalue weighted by Gasteiger charge is -2.42. The van der Waals surface area contributed by atoms with Gasteiger partial charge in [-0.1, -0.05) is 54.1 Å². The normalized spacial score (nSPS) is 22.9. The molecule has 2 atom stereocenters. The van der Waals surface area contributed by atoms with Crippen molar-refractivity contribution in [3.63, 3.8) is 0 Å². The van der Waals surface area contributed by atoms with Crippen molar-refractivity contribution in [2.24, 2.45) is 0 Å². The molecule has 7 heteroatoms. The van der Waals surface area contributed by atoms with E-state index in [1.807, 2.05) is 35.2 Å². The Balaban J connectivity index is 1.43. The summed E-state index contributed by atoms with van der Waals surface area (Å²) in [7, 11) is 1.72. The second kappa shape index (κ2) is 9.16. The number of hydrogen-bond donors (Lipinski definition) is 0. The molecule has 158 valence electrons. The van der Waals surface area contributed by atoms with Gasteiger partial charge in [0.2, 0.25) is 5.91 Å². The van der Waals surface area contributed by atoms with E-state index in [2.05, 4.69) is 17.0 Å². The van der Waals surface area contributed by atoms with Gasteiger partial charge in [0.15, 0.2) is 6.10 Å². The molecule has 30 heavy (non-hydrogen) atoms. The fourth-order valence-corrected chi connectivity index (χ4v) is 4.25. The van der Waals surface area contributed by atoms with Crippen LogP contribution in [0.25, 0.3) is 0 Å². The molecule has 2 aliphatic rings. The van der Waals surface area contributed by atoms with Crippen molar-refractivity contribution in [1.82, 2.24) is 14.7 Å². The SMILES string of the molecule is CN1C(=O)CO[C@@H](C(=O)N2CCN(Cc3ccccc3)CC2)[C@@H]1c1ccc(Cl)cc1. The Hall–Kier alpha value is -2.41. The quantitative estimate of drug-likeness (QED) is 0.752. The summed E-state index contributed by atoms with van der Waals surface area (Å²) < 4.78 is 5.77. The van der Waals surface area contributed by atoms with Gasteiger partial charge in [0, 0.05) is 44.8 Å². The largest absolute Gasteiger partial charge is 0.356 e. The van der Waals surface area contributed by atoms with E-state index in [4.69, 9.17) is 16.3 Å². The summed E-state index contributed by atoms with van der Waals surface area (Å²) in [5, 5.41) is 0.613. The molecule has 0 spiro atoms. The van der Waals surface area contributed by atoms with E-state index in [-0.39, 0.29) is 18.4 Å². The maximum Gasteiger partial charge on any atom is 0.254 e. The third kappa shape index (κ3) is 4.51. The van der Waals surface area contributed by atoms with Crippen LogP contribution in [0.15, 0.2) is 54.6 Å². The molecule has 2 heterocycles. The van der Waals surface area contributed by atoms with E-state index in [0.29, 0.717) is 18.1 Å². The molecule has 4 rings (SSSR count). The second-order valence-electron chi connectivity index (χ2n) is 7.82. The van der Waals surface area contributed by atoms with Gasteiger partial charge in [0.05, 0.1) is 6.04 Å². The molecule has 0 aromatic heterocycles. The lowest BCUT2D eigenvalue weighted by molar-refractivity contribution is -0.168. The molecule has 0 N–H and O–H groups in total. The molecule has 2 saturated heterocycles. The third-order valence-corrected chi connectivity index (χ3v) is 6.12. The molecule has 2 aliphatic heterocycles. The van der Waals surface area contributed by atoms with E-state index >= 15 is 0 Å². The molecule has 0 bridgehead atoms. The van der Waals surface area contributed by atoms with E-state index in [0.717, 1.165) is 25.2 Å². The zero-order chi connectivity index (χ0) is 21.1. The second-order valence-corrected chi connectivity index (χ2v) is 8.26. The van der Waals surface area contributed by atoms with Gasteiger partial charge in [0.1, 0.15) is 6.61 Å². The fraction of sp³-hybridized carbons (Fsp3) is 0.391. The van der Waals surface area contributed by atoms with Gasteiger partial charge in [-0.2, -0.15) is 0 Å². The van der Waals surface area contributed by atoms with Crippen molar-refractivity contribution >= 4 is 23.4 Å². The van der Waals surface area contributed by atoms with Crippen LogP contribution in [0.5, 0.6) is 0 Å². The Morgan fingerprint density at radius 3 is 2.37 bits per heavy atom. The van der Waals surface area contributed by atoms with Crippen molar-refractivity contribution < 1.29 is 14.3 Å². The van der Waals surface area contributed by atoms with Gasteiger partial charge in [-0.3, -0.25) is 14.5 Å². The van der Waals surface area contributed by atoms with Crippen LogP contribution in [0.4, 0.5) is 0 Å². The van der Waals surface area contributed by atoms with Crippen molar-refractivity contribution in [2.75, 3.05) is 39.8 Å².